The molecule has 0 spiro atoms. The molecule has 4 aliphatic carbocycles. The summed E-state index contributed by atoms with van der Waals surface area (Å²) in [5.41, 5.74) is 2.71. The molecule has 4 aliphatic rings. The van der Waals surface area contributed by atoms with E-state index in [1.165, 1.54) is 51.4 Å². The molecule has 0 aromatic carbocycles. The maximum absolute atomic E-state index is 9.97. The molecule has 0 radical (unpaired) electrons. The summed E-state index contributed by atoms with van der Waals surface area (Å²) in [6.07, 6.45) is 14.3. The normalized spacial score (nSPS) is 54.6. The zero-order valence-corrected chi connectivity index (χ0v) is 13.2. The number of rotatable bonds is 0. The number of hydrogen-bond acceptors (Lipinski definition) is 1. The number of allylic oxidation sites excluding steroid dienone is 1. The fourth-order valence-electron chi connectivity index (χ4n) is 6.70. The van der Waals surface area contributed by atoms with Crippen molar-refractivity contribution in [2.24, 2.45) is 28.6 Å². The number of aliphatic hydroxyl groups is 1. The van der Waals surface area contributed by atoms with Crippen molar-refractivity contribution < 1.29 is 5.11 Å². The minimum absolute atomic E-state index is 0.157. The highest BCUT2D eigenvalue weighted by Gasteiger charge is 2.55. The van der Waals surface area contributed by atoms with Crippen LogP contribution in [0.15, 0.2) is 11.6 Å². The van der Waals surface area contributed by atoms with E-state index in [2.05, 4.69) is 19.9 Å². The molecule has 2 unspecified atom stereocenters. The standard InChI is InChI=1S/C19H30O/c1-18-9-3-4-16(18)15-6-5-13-12-14(20)7-11-19(13,2)17(15)8-10-18/h12,14-17,20H,3-11H2,1-2H3/t14-,15?,16-,17?,18-,19-/m0/s1. The zero-order valence-electron chi connectivity index (χ0n) is 13.2. The molecule has 0 saturated heterocycles. The number of fused-ring (bicyclic) bond motifs is 5. The van der Waals surface area contributed by atoms with Gasteiger partial charge in [-0.1, -0.05) is 31.9 Å². The molecule has 6 atom stereocenters. The molecule has 0 bridgehead atoms. The first-order valence-electron chi connectivity index (χ1n) is 8.92. The summed E-state index contributed by atoms with van der Waals surface area (Å²) in [6, 6.07) is 0. The van der Waals surface area contributed by atoms with Gasteiger partial charge in [-0.25, -0.2) is 0 Å². The van der Waals surface area contributed by atoms with Gasteiger partial charge in [0, 0.05) is 0 Å². The second-order valence-corrected chi connectivity index (χ2v) is 8.72. The third kappa shape index (κ3) is 1.71. The van der Waals surface area contributed by atoms with Gasteiger partial charge in [0.2, 0.25) is 0 Å². The summed E-state index contributed by atoms with van der Waals surface area (Å²) < 4.78 is 0. The Hall–Kier alpha value is -0.300. The van der Waals surface area contributed by atoms with Gasteiger partial charge in [0.05, 0.1) is 6.10 Å². The molecule has 0 heterocycles. The van der Waals surface area contributed by atoms with Crippen LogP contribution in [-0.2, 0) is 0 Å². The van der Waals surface area contributed by atoms with Crippen LogP contribution >= 0.6 is 0 Å². The van der Waals surface area contributed by atoms with Crippen LogP contribution in [0.1, 0.15) is 71.6 Å². The highest BCUT2D eigenvalue weighted by molar-refractivity contribution is 5.25. The minimum atomic E-state index is -0.157. The summed E-state index contributed by atoms with van der Waals surface area (Å²) >= 11 is 0. The van der Waals surface area contributed by atoms with Gasteiger partial charge in [-0.05, 0) is 80.0 Å². The van der Waals surface area contributed by atoms with Crippen LogP contribution in [0.3, 0.4) is 0 Å². The summed E-state index contributed by atoms with van der Waals surface area (Å²) in [7, 11) is 0. The Morgan fingerprint density at radius 3 is 2.70 bits per heavy atom. The Kier molecular flexibility index (Phi) is 2.91. The van der Waals surface area contributed by atoms with Crippen molar-refractivity contribution in [2.75, 3.05) is 0 Å². The van der Waals surface area contributed by atoms with E-state index in [1.807, 2.05) is 0 Å². The van der Waals surface area contributed by atoms with Gasteiger partial charge in [0.25, 0.3) is 0 Å². The molecule has 1 heteroatoms. The lowest BCUT2D eigenvalue weighted by Gasteiger charge is -2.57. The average Bonchev–Trinajstić information content (AvgIpc) is 2.81. The van der Waals surface area contributed by atoms with Crippen molar-refractivity contribution in [3.05, 3.63) is 11.6 Å². The second kappa shape index (κ2) is 4.35. The zero-order chi connectivity index (χ0) is 14.0. The molecule has 1 nitrogen and oxygen atoms in total. The largest absolute Gasteiger partial charge is 0.389 e. The summed E-state index contributed by atoms with van der Waals surface area (Å²) in [6.45, 7) is 5.11. The summed E-state index contributed by atoms with van der Waals surface area (Å²) in [4.78, 5) is 0. The van der Waals surface area contributed by atoms with Crippen molar-refractivity contribution in [3.63, 3.8) is 0 Å². The van der Waals surface area contributed by atoms with E-state index in [0.717, 1.165) is 24.2 Å². The molecule has 4 rings (SSSR count). The SMILES string of the molecule is C[C@@]12CCC[C@H]1C1CCC3=C[C@@H](O)CC[C@]3(C)C1CC2. The monoisotopic (exact) mass is 274 g/mol. The van der Waals surface area contributed by atoms with E-state index in [-0.39, 0.29) is 6.10 Å². The first-order chi connectivity index (χ1) is 9.53. The maximum Gasteiger partial charge on any atom is 0.0724 e. The quantitative estimate of drug-likeness (QED) is 0.635. The van der Waals surface area contributed by atoms with E-state index in [0.29, 0.717) is 10.8 Å². The van der Waals surface area contributed by atoms with Crippen LogP contribution in [0.2, 0.25) is 0 Å². The van der Waals surface area contributed by atoms with Gasteiger partial charge in [-0.15, -0.1) is 0 Å². The summed E-state index contributed by atoms with van der Waals surface area (Å²) in [5, 5.41) is 9.97. The predicted molar refractivity (Wildman–Crippen MR) is 82.3 cm³/mol. The fourth-order valence-corrected chi connectivity index (χ4v) is 6.70. The highest BCUT2D eigenvalue weighted by atomic mass is 16.3. The van der Waals surface area contributed by atoms with Gasteiger partial charge in [0.1, 0.15) is 0 Å². The topological polar surface area (TPSA) is 20.2 Å². The second-order valence-electron chi connectivity index (χ2n) is 8.72. The molecule has 20 heavy (non-hydrogen) atoms. The fraction of sp³-hybridized carbons (Fsp3) is 0.895. The number of aliphatic hydroxyl groups excluding tert-OH is 1. The van der Waals surface area contributed by atoms with E-state index in [4.69, 9.17) is 0 Å². The number of hydrogen-bond donors (Lipinski definition) is 1. The van der Waals surface area contributed by atoms with Gasteiger partial charge >= 0.3 is 0 Å². The molecule has 3 fully saturated rings. The van der Waals surface area contributed by atoms with Crippen molar-refractivity contribution >= 4 is 0 Å². The van der Waals surface area contributed by atoms with E-state index < -0.39 is 0 Å². The molecule has 3 saturated carbocycles. The van der Waals surface area contributed by atoms with Crippen LogP contribution < -0.4 is 0 Å². The molecule has 0 aromatic heterocycles. The van der Waals surface area contributed by atoms with Crippen LogP contribution in [0.5, 0.6) is 0 Å². The Labute approximate surface area is 123 Å². The highest BCUT2D eigenvalue weighted by Crippen LogP contribution is 2.65. The minimum Gasteiger partial charge on any atom is -0.389 e. The molecule has 1 N–H and O–H groups in total. The van der Waals surface area contributed by atoms with E-state index in [9.17, 15) is 5.11 Å². The molecule has 0 aromatic rings. The van der Waals surface area contributed by atoms with Gasteiger partial charge in [-0.2, -0.15) is 0 Å². The lowest BCUT2D eigenvalue weighted by atomic mass is 9.47. The van der Waals surface area contributed by atoms with Crippen LogP contribution in [0.25, 0.3) is 0 Å². The molecular weight excluding hydrogens is 244 g/mol. The van der Waals surface area contributed by atoms with Crippen molar-refractivity contribution in [1.29, 1.82) is 0 Å². The van der Waals surface area contributed by atoms with Gasteiger partial charge in [0.15, 0.2) is 0 Å². The van der Waals surface area contributed by atoms with Crippen molar-refractivity contribution in [1.82, 2.24) is 0 Å². The Morgan fingerprint density at radius 2 is 1.85 bits per heavy atom. The van der Waals surface area contributed by atoms with Gasteiger partial charge < -0.3 is 5.11 Å². The van der Waals surface area contributed by atoms with E-state index >= 15 is 0 Å². The van der Waals surface area contributed by atoms with Crippen LogP contribution in [0.4, 0.5) is 0 Å². The molecule has 0 aliphatic heterocycles. The van der Waals surface area contributed by atoms with Crippen LogP contribution in [-0.4, -0.2) is 11.2 Å². The predicted octanol–water partition coefficient (Wildman–Crippen LogP) is 4.70. The van der Waals surface area contributed by atoms with E-state index in [1.54, 1.807) is 5.57 Å². The van der Waals surface area contributed by atoms with Crippen LogP contribution in [0, 0.1) is 28.6 Å². The third-order valence-corrected chi connectivity index (χ3v) is 7.87. The summed E-state index contributed by atoms with van der Waals surface area (Å²) in [5.74, 6) is 2.89. The van der Waals surface area contributed by atoms with Gasteiger partial charge in [-0.3, -0.25) is 0 Å². The smallest absolute Gasteiger partial charge is 0.0724 e. The molecule has 112 valence electrons. The lowest BCUT2D eigenvalue weighted by Crippen LogP contribution is -2.49. The lowest BCUT2D eigenvalue weighted by molar-refractivity contribution is -0.0411. The Bertz CT molecular complexity index is 439. The first kappa shape index (κ1) is 13.4. The van der Waals surface area contributed by atoms with Crippen molar-refractivity contribution in [3.8, 4) is 0 Å². The first-order valence-corrected chi connectivity index (χ1v) is 8.92. The maximum atomic E-state index is 9.97. The average molecular weight is 274 g/mol. The Morgan fingerprint density at radius 1 is 1.00 bits per heavy atom. The molecular formula is C19H30O. The third-order valence-electron chi connectivity index (χ3n) is 7.87. The molecule has 0 amide bonds. The Balaban J connectivity index is 1.68. The van der Waals surface area contributed by atoms with Crippen molar-refractivity contribution in [2.45, 2.75) is 77.7 Å².